The summed E-state index contributed by atoms with van der Waals surface area (Å²) in [6.45, 7) is 0.274. The second kappa shape index (κ2) is 6.18. The van der Waals surface area contributed by atoms with E-state index < -0.39 is 5.91 Å². The summed E-state index contributed by atoms with van der Waals surface area (Å²) in [6, 6.07) is 7.49. The zero-order valence-electron chi connectivity index (χ0n) is 12.0. The van der Waals surface area contributed by atoms with Crippen molar-refractivity contribution in [3.63, 3.8) is 0 Å². The minimum absolute atomic E-state index is 0.0988. The molecule has 0 saturated heterocycles. The number of phenols is 2. The molecule has 3 rings (SSSR count). The van der Waals surface area contributed by atoms with Crippen LogP contribution in [0.2, 0.25) is 0 Å². The quantitative estimate of drug-likeness (QED) is 0.680. The van der Waals surface area contributed by atoms with Gasteiger partial charge in [-0.25, -0.2) is 9.97 Å². The third-order valence-corrected chi connectivity index (χ3v) is 3.26. The number of pyridine rings is 1. The molecule has 0 atom stereocenters. The Hall–Kier alpha value is -3.35. The van der Waals surface area contributed by atoms with Crippen LogP contribution in [0.25, 0.3) is 5.82 Å². The smallest absolute Gasteiger partial charge is 0.255 e. The number of carbonyl (C=O) groups is 1. The van der Waals surface area contributed by atoms with E-state index in [-0.39, 0.29) is 23.6 Å². The van der Waals surface area contributed by atoms with Crippen molar-refractivity contribution in [1.82, 2.24) is 19.9 Å². The number of hydrogen-bond donors (Lipinski definition) is 3. The van der Waals surface area contributed by atoms with Gasteiger partial charge in [-0.2, -0.15) is 0 Å². The molecular weight excluding hydrogens is 296 g/mol. The van der Waals surface area contributed by atoms with Crippen molar-refractivity contribution in [3.05, 3.63) is 66.4 Å². The Labute approximate surface area is 131 Å². The molecule has 0 unspecified atom stereocenters. The summed E-state index contributed by atoms with van der Waals surface area (Å²) >= 11 is 0. The van der Waals surface area contributed by atoms with Crippen LogP contribution >= 0.6 is 0 Å². The van der Waals surface area contributed by atoms with Gasteiger partial charge in [0.1, 0.15) is 23.6 Å². The number of rotatable bonds is 4. The summed E-state index contributed by atoms with van der Waals surface area (Å²) in [5.74, 6) is -0.0654. The maximum absolute atomic E-state index is 12.0. The number of aromatic nitrogens is 3. The third kappa shape index (κ3) is 3.29. The maximum Gasteiger partial charge on any atom is 0.255 e. The van der Waals surface area contributed by atoms with E-state index in [9.17, 15) is 15.0 Å². The van der Waals surface area contributed by atoms with Crippen LogP contribution in [0, 0.1) is 0 Å². The first-order chi connectivity index (χ1) is 11.1. The summed E-state index contributed by atoms with van der Waals surface area (Å²) in [6.07, 6.45) is 6.76. The topological polar surface area (TPSA) is 100 Å². The molecule has 0 saturated carbocycles. The van der Waals surface area contributed by atoms with Crippen molar-refractivity contribution in [3.8, 4) is 17.3 Å². The highest BCUT2D eigenvalue weighted by Crippen LogP contribution is 2.22. The zero-order valence-corrected chi connectivity index (χ0v) is 12.0. The van der Waals surface area contributed by atoms with Crippen LogP contribution in [0.3, 0.4) is 0 Å². The monoisotopic (exact) mass is 310 g/mol. The first-order valence-electron chi connectivity index (χ1n) is 6.87. The molecule has 0 aliphatic heterocycles. The van der Waals surface area contributed by atoms with E-state index in [4.69, 9.17) is 0 Å². The fourth-order valence-electron chi connectivity index (χ4n) is 2.06. The minimum Gasteiger partial charge on any atom is -0.508 e. The summed E-state index contributed by atoms with van der Waals surface area (Å²) in [5, 5.41) is 21.6. The van der Waals surface area contributed by atoms with Gasteiger partial charge in [-0.15, -0.1) is 0 Å². The molecule has 0 aliphatic carbocycles. The van der Waals surface area contributed by atoms with Crippen molar-refractivity contribution in [1.29, 1.82) is 0 Å². The van der Waals surface area contributed by atoms with Gasteiger partial charge in [0.15, 0.2) is 0 Å². The van der Waals surface area contributed by atoms with Gasteiger partial charge in [0.2, 0.25) is 0 Å². The fraction of sp³-hybridized carbons (Fsp3) is 0.0625. The molecule has 7 heteroatoms. The molecule has 0 bridgehead atoms. The summed E-state index contributed by atoms with van der Waals surface area (Å²) in [4.78, 5) is 20.3. The first-order valence-corrected chi connectivity index (χ1v) is 6.87. The molecule has 7 nitrogen and oxygen atoms in total. The van der Waals surface area contributed by atoms with Crippen LogP contribution in [0.4, 0.5) is 0 Å². The Balaban J connectivity index is 1.65. The van der Waals surface area contributed by atoms with Gasteiger partial charge >= 0.3 is 0 Å². The number of carbonyl (C=O) groups excluding carboxylic acids is 1. The van der Waals surface area contributed by atoms with Crippen molar-refractivity contribution in [2.24, 2.45) is 0 Å². The van der Waals surface area contributed by atoms with Crippen molar-refractivity contribution < 1.29 is 15.0 Å². The Kier molecular flexibility index (Phi) is 3.92. The molecule has 3 aromatic rings. The molecule has 1 amide bonds. The normalized spacial score (nSPS) is 10.4. The lowest BCUT2D eigenvalue weighted by atomic mass is 10.1. The van der Waals surface area contributed by atoms with Gasteiger partial charge in [-0.05, 0) is 23.8 Å². The molecule has 1 aromatic carbocycles. The molecule has 3 N–H and O–H groups in total. The number of phenolic OH excluding ortho intramolecular Hbond substituents is 2. The first kappa shape index (κ1) is 14.6. The molecule has 0 radical (unpaired) electrons. The minimum atomic E-state index is -0.429. The Morgan fingerprint density at radius 1 is 1.22 bits per heavy atom. The summed E-state index contributed by atoms with van der Waals surface area (Å²) in [7, 11) is 0. The number of benzene rings is 1. The van der Waals surface area contributed by atoms with Gasteiger partial charge in [0.25, 0.3) is 5.91 Å². The van der Waals surface area contributed by atoms with Crippen LogP contribution in [-0.4, -0.2) is 30.7 Å². The van der Waals surface area contributed by atoms with E-state index >= 15 is 0 Å². The highest BCUT2D eigenvalue weighted by molar-refractivity contribution is 5.96. The molecule has 23 heavy (non-hydrogen) atoms. The van der Waals surface area contributed by atoms with Crippen molar-refractivity contribution in [2.45, 2.75) is 6.54 Å². The number of nitrogens with one attached hydrogen (secondary N) is 1. The van der Waals surface area contributed by atoms with Gasteiger partial charge in [-0.3, -0.25) is 9.36 Å². The lowest BCUT2D eigenvalue weighted by Crippen LogP contribution is -2.22. The molecule has 2 heterocycles. The third-order valence-electron chi connectivity index (χ3n) is 3.26. The fourth-order valence-corrected chi connectivity index (χ4v) is 2.06. The highest BCUT2D eigenvalue weighted by atomic mass is 16.3. The van der Waals surface area contributed by atoms with Gasteiger partial charge in [0, 0.05) is 31.2 Å². The highest BCUT2D eigenvalue weighted by Gasteiger charge is 2.11. The average Bonchev–Trinajstić information content (AvgIpc) is 3.07. The van der Waals surface area contributed by atoms with E-state index in [2.05, 4.69) is 15.3 Å². The van der Waals surface area contributed by atoms with Crippen LogP contribution in [0.1, 0.15) is 15.9 Å². The SMILES string of the molecule is O=C(NCc1ccc(-n2ccnc2)nc1)c1ccc(O)cc1O. The largest absolute Gasteiger partial charge is 0.508 e. The second-order valence-corrected chi connectivity index (χ2v) is 4.88. The summed E-state index contributed by atoms with van der Waals surface area (Å²) < 4.78 is 1.77. The van der Waals surface area contributed by atoms with Gasteiger partial charge in [0.05, 0.1) is 5.56 Å². The lowest BCUT2D eigenvalue weighted by Gasteiger charge is -2.08. The lowest BCUT2D eigenvalue weighted by molar-refractivity contribution is 0.0948. The number of nitrogens with zero attached hydrogens (tertiary/aromatic N) is 3. The second-order valence-electron chi connectivity index (χ2n) is 4.88. The predicted octanol–water partition coefficient (Wildman–Crippen LogP) is 1.61. The number of imidazole rings is 1. The molecule has 116 valence electrons. The average molecular weight is 310 g/mol. The molecule has 2 aromatic heterocycles. The molecule has 0 fully saturated rings. The van der Waals surface area contributed by atoms with E-state index in [1.54, 1.807) is 29.5 Å². The Bertz CT molecular complexity index is 814. The number of amides is 1. The van der Waals surface area contributed by atoms with Crippen molar-refractivity contribution >= 4 is 5.91 Å². The summed E-state index contributed by atoms with van der Waals surface area (Å²) in [5.41, 5.74) is 0.922. The van der Waals surface area contributed by atoms with E-state index in [1.165, 1.54) is 12.1 Å². The zero-order chi connectivity index (χ0) is 16.2. The van der Waals surface area contributed by atoms with E-state index in [0.29, 0.717) is 0 Å². The van der Waals surface area contributed by atoms with Crippen LogP contribution in [0.5, 0.6) is 11.5 Å². The standard InChI is InChI=1S/C16H14N4O3/c21-12-2-3-13(14(22)7-12)16(23)19-9-11-1-4-15(18-8-11)20-6-5-17-10-20/h1-8,10,21-22H,9H2,(H,19,23). The number of aromatic hydroxyl groups is 2. The number of hydrogen-bond acceptors (Lipinski definition) is 5. The molecular formula is C16H14N4O3. The Morgan fingerprint density at radius 2 is 2.09 bits per heavy atom. The van der Waals surface area contributed by atoms with Crippen molar-refractivity contribution in [2.75, 3.05) is 0 Å². The Morgan fingerprint density at radius 3 is 2.74 bits per heavy atom. The van der Waals surface area contributed by atoms with Crippen LogP contribution < -0.4 is 5.32 Å². The van der Waals surface area contributed by atoms with Crippen LogP contribution in [-0.2, 0) is 6.54 Å². The van der Waals surface area contributed by atoms with E-state index in [0.717, 1.165) is 17.4 Å². The van der Waals surface area contributed by atoms with Crippen LogP contribution in [0.15, 0.2) is 55.2 Å². The molecule has 0 aliphatic rings. The molecule has 0 spiro atoms. The van der Waals surface area contributed by atoms with Gasteiger partial charge < -0.3 is 15.5 Å². The predicted molar refractivity (Wildman–Crippen MR) is 82.3 cm³/mol. The van der Waals surface area contributed by atoms with Gasteiger partial charge in [-0.1, -0.05) is 6.07 Å². The van der Waals surface area contributed by atoms with E-state index in [1.807, 2.05) is 12.1 Å². The maximum atomic E-state index is 12.0.